The third-order valence-corrected chi connectivity index (χ3v) is 8.61. The zero-order valence-electron chi connectivity index (χ0n) is 13.8. The Morgan fingerprint density at radius 2 is 1.58 bits per heavy atom. The maximum atomic E-state index is 12.3. The summed E-state index contributed by atoms with van der Waals surface area (Å²) in [6.45, 7) is 3.26. The quantitative estimate of drug-likeness (QED) is 0.820. The molecule has 0 bridgehead atoms. The maximum Gasteiger partial charge on any atom is 0.240 e. The first-order valence-corrected chi connectivity index (χ1v) is 11.3. The zero-order valence-corrected chi connectivity index (χ0v) is 15.4. The number of hydrogen-bond donors (Lipinski definition) is 1. The van der Waals surface area contributed by atoms with Crippen molar-refractivity contribution < 1.29 is 16.8 Å². The monoisotopic (exact) mass is 372 g/mol. The van der Waals surface area contributed by atoms with Gasteiger partial charge in [-0.15, -0.1) is 0 Å². The molecule has 1 aliphatic carbocycles. The van der Waals surface area contributed by atoms with Crippen LogP contribution in [-0.2, 0) is 20.0 Å². The van der Waals surface area contributed by atoms with Crippen molar-refractivity contribution in [1.82, 2.24) is 9.03 Å². The molecule has 0 amide bonds. The normalized spacial score (nSPS) is 21.0. The number of piperidine rings is 1. The summed E-state index contributed by atoms with van der Waals surface area (Å²) in [5.74, 6) is 0.177. The Balaban J connectivity index is 1.52. The van der Waals surface area contributed by atoms with Crippen molar-refractivity contribution in [2.75, 3.05) is 19.6 Å². The van der Waals surface area contributed by atoms with E-state index in [-0.39, 0.29) is 16.1 Å². The van der Waals surface area contributed by atoms with Gasteiger partial charge in [0.2, 0.25) is 20.0 Å². The molecule has 0 unspecified atom stereocenters. The molecule has 0 radical (unpaired) electrons. The summed E-state index contributed by atoms with van der Waals surface area (Å²) in [5, 5.41) is -0.172. The van der Waals surface area contributed by atoms with Gasteiger partial charge in [0.1, 0.15) is 0 Å². The molecule has 2 aliphatic rings. The van der Waals surface area contributed by atoms with Gasteiger partial charge in [-0.1, -0.05) is 17.7 Å². The average molecular weight is 373 g/mol. The van der Waals surface area contributed by atoms with Crippen LogP contribution in [0.15, 0.2) is 29.2 Å². The predicted octanol–water partition coefficient (Wildman–Crippen LogP) is 1.48. The van der Waals surface area contributed by atoms with Crippen LogP contribution in [0.4, 0.5) is 0 Å². The Morgan fingerprint density at radius 1 is 1.00 bits per heavy atom. The maximum absolute atomic E-state index is 12.3. The molecule has 24 heavy (non-hydrogen) atoms. The Hall–Kier alpha value is -0.960. The number of sulfonamides is 2. The first-order valence-electron chi connectivity index (χ1n) is 8.34. The van der Waals surface area contributed by atoms with Crippen LogP contribution in [0.3, 0.4) is 0 Å². The summed E-state index contributed by atoms with van der Waals surface area (Å²) in [6.07, 6.45) is 2.95. The summed E-state index contributed by atoms with van der Waals surface area (Å²) < 4.78 is 53.2. The summed E-state index contributed by atoms with van der Waals surface area (Å²) >= 11 is 0. The third kappa shape index (κ3) is 3.99. The van der Waals surface area contributed by atoms with Crippen molar-refractivity contribution in [1.29, 1.82) is 0 Å². The smallest absolute Gasteiger partial charge is 0.212 e. The van der Waals surface area contributed by atoms with Crippen LogP contribution in [0.2, 0.25) is 0 Å². The van der Waals surface area contributed by atoms with Gasteiger partial charge >= 0.3 is 0 Å². The molecule has 0 aromatic heterocycles. The average Bonchev–Trinajstić information content (AvgIpc) is 3.39. The summed E-state index contributed by atoms with van der Waals surface area (Å²) in [5.41, 5.74) is 1.01. The molecular formula is C16H24N2O4S2. The van der Waals surface area contributed by atoms with Gasteiger partial charge in [-0.3, -0.25) is 0 Å². The number of hydrogen-bond acceptors (Lipinski definition) is 4. The second-order valence-electron chi connectivity index (χ2n) is 6.75. The topological polar surface area (TPSA) is 83.6 Å². The van der Waals surface area contributed by atoms with Gasteiger partial charge in [0.05, 0.1) is 10.1 Å². The van der Waals surface area contributed by atoms with Crippen molar-refractivity contribution in [2.45, 2.75) is 42.8 Å². The fourth-order valence-electron chi connectivity index (χ4n) is 2.97. The van der Waals surface area contributed by atoms with Crippen LogP contribution in [0.25, 0.3) is 0 Å². The highest BCUT2D eigenvalue weighted by molar-refractivity contribution is 7.90. The fourth-order valence-corrected chi connectivity index (χ4v) is 5.96. The van der Waals surface area contributed by atoms with Gasteiger partial charge < -0.3 is 0 Å². The van der Waals surface area contributed by atoms with Crippen molar-refractivity contribution >= 4 is 20.0 Å². The molecule has 134 valence electrons. The summed E-state index contributed by atoms with van der Waals surface area (Å²) in [6, 6.07) is 6.75. The number of benzene rings is 1. The van der Waals surface area contributed by atoms with E-state index in [1.165, 1.54) is 0 Å². The highest BCUT2D eigenvalue weighted by atomic mass is 32.2. The van der Waals surface area contributed by atoms with Crippen molar-refractivity contribution in [3.05, 3.63) is 29.8 Å². The number of aryl methyl sites for hydroxylation is 1. The molecule has 1 aromatic rings. The van der Waals surface area contributed by atoms with E-state index in [4.69, 9.17) is 0 Å². The van der Waals surface area contributed by atoms with Gasteiger partial charge in [-0.05, 0) is 50.7 Å². The van der Waals surface area contributed by atoms with Gasteiger partial charge in [0.25, 0.3) is 0 Å². The first-order chi connectivity index (χ1) is 11.3. The largest absolute Gasteiger partial charge is 0.240 e. The number of nitrogens with zero attached hydrogens (tertiary/aromatic N) is 1. The van der Waals surface area contributed by atoms with E-state index in [0.29, 0.717) is 32.5 Å². The lowest BCUT2D eigenvalue weighted by Gasteiger charge is -2.31. The van der Waals surface area contributed by atoms with Gasteiger partial charge in [0.15, 0.2) is 0 Å². The summed E-state index contributed by atoms with van der Waals surface area (Å²) in [4.78, 5) is 0.266. The molecule has 1 N–H and O–H groups in total. The number of rotatable bonds is 6. The molecule has 1 saturated heterocycles. The van der Waals surface area contributed by atoms with Gasteiger partial charge in [-0.25, -0.2) is 25.9 Å². The Kier molecular flexibility index (Phi) is 5.01. The highest BCUT2D eigenvalue weighted by Crippen LogP contribution is 2.33. The minimum atomic E-state index is -3.50. The van der Waals surface area contributed by atoms with Crippen LogP contribution < -0.4 is 4.72 Å². The highest BCUT2D eigenvalue weighted by Gasteiger charge is 2.41. The molecule has 1 saturated carbocycles. The standard InChI is InChI=1S/C16H24N2O4S2/c1-13-2-4-15(5-3-13)23(19,20)17-12-14-8-10-18(11-9-14)24(21,22)16-6-7-16/h2-5,14,16-17H,6-12H2,1H3. The van der Waals surface area contributed by atoms with Crippen LogP contribution in [0, 0.1) is 12.8 Å². The minimum absolute atomic E-state index is 0.172. The molecule has 0 atom stereocenters. The molecule has 1 aromatic carbocycles. The van der Waals surface area contributed by atoms with Crippen molar-refractivity contribution in [3.63, 3.8) is 0 Å². The zero-order chi connectivity index (χ0) is 17.4. The SMILES string of the molecule is Cc1ccc(S(=O)(=O)NCC2CCN(S(=O)(=O)C3CC3)CC2)cc1. The van der Waals surface area contributed by atoms with Crippen molar-refractivity contribution in [2.24, 2.45) is 5.92 Å². The molecular weight excluding hydrogens is 348 g/mol. The Labute approximate surface area is 144 Å². The van der Waals surface area contributed by atoms with E-state index in [2.05, 4.69) is 4.72 Å². The molecule has 3 rings (SSSR count). The first kappa shape index (κ1) is 17.8. The molecule has 8 heteroatoms. The Bertz CT molecular complexity index is 776. The summed E-state index contributed by atoms with van der Waals surface area (Å²) in [7, 11) is -6.61. The van der Waals surface area contributed by atoms with Crippen LogP contribution in [-0.4, -0.2) is 46.0 Å². The van der Waals surface area contributed by atoms with E-state index < -0.39 is 20.0 Å². The van der Waals surface area contributed by atoms with Crippen LogP contribution in [0.5, 0.6) is 0 Å². The lowest BCUT2D eigenvalue weighted by atomic mass is 9.99. The number of nitrogens with one attached hydrogen (secondary N) is 1. The van der Waals surface area contributed by atoms with E-state index in [1.54, 1.807) is 28.6 Å². The molecule has 2 fully saturated rings. The molecule has 1 heterocycles. The Morgan fingerprint density at radius 3 is 2.12 bits per heavy atom. The second-order valence-corrected chi connectivity index (χ2v) is 10.7. The van der Waals surface area contributed by atoms with Crippen molar-refractivity contribution in [3.8, 4) is 0 Å². The van der Waals surface area contributed by atoms with Crippen LogP contribution >= 0.6 is 0 Å². The molecule has 1 aliphatic heterocycles. The van der Waals surface area contributed by atoms with Crippen LogP contribution in [0.1, 0.15) is 31.2 Å². The van der Waals surface area contributed by atoms with Gasteiger partial charge in [-0.2, -0.15) is 0 Å². The van der Waals surface area contributed by atoms with E-state index in [9.17, 15) is 16.8 Å². The molecule has 6 nitrogen and oxygen atoms in total. The lowest BCUT2D eigenvalue weighted by molar-refractivity contribution is 0.274. The van der Waals surface area contributed by atoms with E-state index >= 15 is 0 Å². The van der Waals surface area contributed by atoms with E-state index in [1.807, 2.05) is 6.92 Å². The predicted molar refractivity (Wildman–Crippen MR) is 92.6 cm³/mol. The fraction of sp³-hybridized carbons (Fsp3) is 0.625. The van der Waals surface area contributed by atoms with E-state index in [0.717, 1.165) is 18.4 Å². The minimum Gasteiger partial charge on any atom is -0.212 e. The second kappa shape index (κ2) is 6.74. The lowest BCUT2D eigenvalue weighted by Crippen LogP contribution is -2.42. The third-order valence-electron chi connectivity index (χ3n) is 4.77. The van der Waals surface area contributed by atoms with Gasteiger partial charge in [0, 0.05) is 19.6 Å². The molecule has 0 spiro atoms.